The van der Waals surface area contributed by atoms with E-state index >= 15 is 0 Å². The van der Waals surface area contributed by atoms with E-state index in [2.05, 4.69) is 39.7 Å². The molecule has 3 rings (SSSR count). The number of hydrogen-bond acceptors (Lipinski definition) is 3. The highest BCUT2D eigenvalue weighted by molar-refractivity contribution is 9.10. The largest absolute Gasteiger partial charge is 0.482 e. The van der Waals surface area contributed by atoms with Crippen LogP contribution in [0.3, 0.4) is 0 Å². The van der Waals surface area contributed by atoms with Crippen LogP contribution in [0.1, 0.15) is 37.0 Å². The van der Waals surface area contributed by atoms with Crippen LogP contribution in [0, 0.1) is 5.92 Å². The van der Waals surface area contributed by atoms with Crippen molar-refractivity contribution in [1.82, 2.24) is 9.97 Å². The number of fused-ring (bicyclic) bond motifs is 1. The first-order valence-electron chi connectivity index (χ1n) is 7.07. The number of benzene rings is 1. The number of para-hydroxylation sites is 1. The Labute approximate surface area is 131 Å². The number of ether oxygens (including phenoxy) is 1. The molecular formula is C16H17BrN2O2. The summed E-state index contributed by atoms with van der Waals surface area (Å²) < 4.78 is 6.42. The molecule has 0 aliphatic carbocycles. The Morgan fingerprint density at radius 1 is 1.43 bits per heavy atom. The fourth-order valence-corrected chi connectivity index (χ4v) is 2.88. The normalized spacial score (nSPS) is 16.9. The molecule has 0 radical (unpaired) electrons. The van der Waals surface area contributed by atoms with E-state index < -0.39 is 0 Å². The van der Waals surface area contributed by atoms with Crippen molar-refractivity contribution < 1.29 is 4.74 Å². The molecule has 0 spiro atoms. The minimum Gasteiger partial charge on any atom is -0.482 e. The predicted octanol–water partition coefficient (Wildman–Crippen LogP) is 3.41. The maximum absolute atomic E-state index is 12.1. The summed E-state index contributed by atoms with van der Waals surface area (Å²) in [5.74, 6) is 1.92. The van der Waals surface area contributed by atoms with Gasteiger partial charge in [-0.3, -0.25) is 4.79 Å². The average molecular weight is 349 g/mol. The molecule has 0 saturated heterocycles. The van der Waals surface area contributed by atoms with Crippen molar-refractivity contribution in [3.63, 3.8) is 0 Å². The second-order valence-electron chi connectivity index (χ2n) is 5.73. The van der Waals surface area contributed by atoms with Crippen molar-refractivity contribution in [1.29, 1.82) is 0 Å². The number of halogens is 1. The third-order valence-electron chi connectivity index (χ3n) is 3.50. The van der Waals surface area contributed by atoms with Crippen molar-refractivity contribution in [3.8, 4) is 5.75 Å². The standard InChI is InChI=1S/C16H17BrN2O2/c1-9(2)7-11-14(17)16(20)19-15(18-11)13-8-10-5-3-4-6-12(10)21-13/h3-6,9,13H,7-8H2,1-2H3,(H,18,19,20). The van der Waals surface area contributed by atoms with E-state index in [4.69, 9.17) is 4.74 Å². The van der Waals surface area contributed by atoms with E-state index in [1.807, 2.05) is 24.3 Å². The van der Waals surface area contributed by atoms with Gasteiger partial charge in [0.1, 0.15) is 10.2 Å². The van der Waals surface area contributed by atoms with Crippen molar-refractivity contribution in [2.75, 3.05) is 0 Å². The second kappa shape index (κ2) is 5.64. The molecule has 1 aliphatic heterocycles. The van der Waals surface area contributed by atoms with Crippen LogP contribution in [0.4, 0.5) is 0 Å². The highest BCUT2D eigenvalue weighted by Crippen LogP contribution is 2.35. The van der Waals surface area contributed by atoms with Crippen molar-refractivity contribution in [2.24, 2.45) is 5.92 Å². The Hall–Kier alpha value is -1.62. The van der Waals surface area contributed by atoms with E-state index in [0.29, 0.717) is 16.2 Å². The Bertz CT molecular complexity index is 699. The number of aromatic amines is 1. The van der Waals surface area contributed by atoms with E-state index in [0.717, 1.165) is 29.8 Å². The number of H-pyrrole nitrogens is 1. The summed E-state index contributed by atoms with van der Waals surface area (Å²) in [4.78, 5) is 19.5. The molecule has 4 nitrogen and oxygen atoms in total. The van der Waals surface area contributed by atoms with Gasteiger partial charge >= 0.3 is 0 Å². The highest BCUT2D eigenvalue weighted by atomic mass is 79.9. The monoisotopic (exact) mass is 348 g/mol. The fourth-order valence-electron chi connectivity index (χ4n) is 2.53. The molecule has 0 saturated carbocycles. The van der Waals surface area contributed by atoms with Gasteiger partial charge in [0.25, 0.3) is 5.56 Å². The lowest BCUT2D eigenvalue weighted by Crippen LogP contribution is -2.20. The van der Waals surface area contributed by atoms with Gasteiger partial charge < -0.3 is 9.72 Å². The summed E-state index contributed by atoms with van der Waals surface area (Å²) in [7, 11) is 0. The van der Waals surface area contributed by atoms with Gasteiger partial charge in [-0.05, 0) is 39.9 Å². The zero-order chi connectivity index (χ0) is 15.0. The molecule has 1 aromatic carbocycles. The highest BCUT2D eigenvalue weighted by Gasteiger charge is 2.27. The lowest BCUT2D eigenvalue weighted by Gasteiger charge is -2.13. The van der Waals surface area contributed by atoms with Crippen LogP contribution < -0.4 is 10.3 Å². The average Bonchev–Trinajstić information content (AvgIpc) is 2.87. The van der Waals surface area contributed by atoms with Crippen LogP contribution in [0.5, 0.6) is 5.75 Å². The van der Waals surface area contributed by atoms with Crippen LogP contribution in [0.25, 0.3) is 0 Å². The summed E-state index contributed by atoms with van der Waals surface area (Å²) in [6, 6.07) is 7.93. The fraction of sp³-hybridized carbons (Fsp3) is 0.375. The van der Waals surface area contributed by atoms with Gasteiger partial charge in [-0.1, -0.05) is 32.0 Å². The first-order chi connectivity index (χ1) is 10.0. The van der Waals surface area contributed by atoms with Gasteiger partial charge in [0.05, 0.1) is 5.69 Å². The van der Waals surface area contributed by atoms with Gasteiger partial charge in [-0.25, -0.2) is 4.98 Å². The van der Waals surface area contributed by atoms with Gasteiger partial charge in [-0.2, -0.15) is 0 Å². The number of hydrogen-bond donors (Lipinski definition) is 1. The summed E-state index contributed by atoms with van der Waals surface area (Å²) in [6.07, 6.45) is 1.29. The zero-order valence-electron chi connectivity index (χ0n) is 12.0. The molecule has 1 aromatic heterocycles. The molecule has 1 atom stereocenters. The SMILES string of the molecule is CC(C)Cc1nc(C2Cc3ccccc3O2)[nH]c(=O)c1Br. The molecular weight excluding hydrogens is 332 g/mol. The number of nitrogens with zero attached hydrogens (tertiary/aromatic N) is 1. The van der Waals surface area contributed by atoms with Crippen LogP contribution in [0.15, 0.2) is 33.5 Å². The molecule has 0 fully saturated rings. The summed E-state index contributed by atoms with van der Waals surface area (Å²) in [6.45, 7) is 4.22. The molecule has 0 amide bonds. The molecule has 2 aromatic rings. The third kappa shape index (κ3) is 2.88. The first kappa shape index (κ1) is 14.3. The Balaban J connectivity index is 1.94. The number of aromatic nitrogens is 2. The van der Waals surface area contributed by atoms with Crippen LogP contribution >= 0.6 is 15.9 Å². The maximum Gasteiger partial charge on any atom is 0.265 e. The molecule has 0 bridgehead atoms. The van der Waals surface area contributed by atoms with Crippen LogP contribution in [0.2, 0.25) is 0 Å². The summed E-state index contributed by atoms with van der Waals surface area (Å²) >= 11 is 3.33. The van der Waals surface area contributed by atoms with Crippen LogP contribution in [-0.2, 0) is 12.8 Å². The molecule has 1 unspecified atom stereocenters. The number of nitrogens with one attached hydrogen (secondary N) is 1. The Morgan fingerprint density at radius 2 is 2.19 bits per heavy atom. The van der Waals surface area contributed by atoms with E-state index in [1.165, 1.54) is 0 Å². The first-order valence-corrected chi connectivity index (χ1v) is 7.87. The quantitative estimate of drug-likeness (QED) is 0.924. The van der Waals surface area contributed by atoms with Crippen molar-refractivity contribution >= 4 is 15.9 Å². The molecule has 1 N–H and O–H groups in total. The summed E-state index contributed by atoms with van der Waals surface area (Å²) in [5.41, 5.74) is 1.80. The maximum atomic E-state index is 12.1. The van der Waals surface area contributed by atoms with Crippen molar-refractivity contribution in [2.45, 2.75) is 32.8 Å². The molecule has 1 aliphatic rings. The minimum atomic E-state index is -0.214. The second-order valence-corrected chi connectivity index (χ2v) is 6.52. The van der Waals surface area contributed by atoms with E-state index in [9.17, 15) is 4.79 Å². The van der Waals surface area contributed by atoms with Crippen LogP contribution in [-0.4, -0.2) is 9.97 Å². The molecule has 2 heterocycles. The Kier molecular flexibility index (Phi) is 3.85. The predicted molar refractivity (Wildman–Crippen MR) is 84.6 cm³/mol. The van der Waals surface area contributed by atoms with Crippen molar-refractivity contribution in [3.05, 3.63) is 56.2 Å². The molecule has 21 heavy (non-hydrogen) atoms. The Morgan fingerprint density at radius 3 is 2.90 bits per heavy atom. The lowest BCUT2D eigenvalue weighted by molar-refractivity contribution is 0.226. The smallest absolute Gasteiger partial charge is 0.265 e. The summed E-state index contributed by atoms with van der Waals surface area (Å²) in [5, 5.41) is 0. The molecule has 110 valence electrons. The minimum absolute atomic E-state index is 0.143. The molecule has 5 heteroatoms. The number of rotatable bonds is 3. The van der Waals surface area contributed by atoms with Gasteiger partial charge in [0.15, 0.2) is 11.9 Å². The zero-order valence-corrected chi connectivity index (χ0v) is 13.6. The van der Waals surface area contributed by atoms with E-state index in [-0.39, 0.29) is 11.7 Å². The lowest BCUT2D eigenvalue weighted by atomic mass is 10.1. The van der Waals surface area contributed by atoms with E-state index in [1.54, 1.807) is 0 Å². The van der Waals surface area contributed by atoms with Gasteiger partial charge in [0, 0.05) is 6.42 Å². The topological polar surface area (TPSA) is 55.0 Å². The van der Waals surface area contributed by atoms with Gasteiger partial charge in [0.2, 0.25) is 0 Å². The van der Waals surface area contributed by atoms with Gasteiger partial charge in [-0.15, -0.1) is 0 Å². The third-order valence-corrected chi connectivity index (χ3v) is 4.32.